The molecule has 1 N–H and O–H groups in total. The van der Waals surface area contributed by atoms with E-state index < -0.39 is 0 Å². The van der Waals surface area contributed by atoms with E-state index in [1.807, 2.05) is 12.1 Å². The predicted molar refractivity (Wildman–Crippen MR) is 85.2 cm³/mol. The summed E-state index contributed by atoms with van der Waals surface area (Å²) in [6.07, 6.45) is 2.30. The van der Waals surface area contributed by atoms with Gasteiger partial charge in [-0.15, -0.1) is 0 Å². The first kappa shape index (κ1) is 15.8. The highest BCUT2D eigenvalue weighted by molar-refractivity contribution is 9.10. The van der Waals surface area contributed by atoms with E-state index >= 15 is 0 Å². The van der Waals surface area contributed by atoms with Crippen molar-refractivity contribution in [1.82, 2.24) is 5.32 Å². The Hall–Kier alpha value is -0.580. The lowest BCUT2D eigenvalue weighted by atomic mass is 10.1. The van der Waals surface area contributed by atoms with Crippen LogP contribution in [0.25, 0.3) is 0 Å². The van der Waals surface area contributed by atoms with E-state index in [0.717, 1.165) is 36.2 Å². The maximum Gasteiger partial charge on any atom is 0.138 e. The molecule has 1 saturated heterocycles. The highest BCUT2D eigenvalue weighted by Crippen LogP contribution is 2.31. The zero-order valence-electron chi connectivity index (χ0n) is 12.5. The van der Waals surface area contributed by atoms with Gasteiger partial charge in [0, 0.05) is 24.3 Å². The molecule has 0 bridgehead atoms. The van der Waals surface area contributed by atoms with Crippen LogP contribution >= 0.6 is 15.9 Å². The fraction of sp³-hybridized carbons (Fsp3) is 0.625. The van der Waals surface area contributed by atoms with Crippen LogP contribution in [0, 0.1) is 0 Å². The number of ether oxygens (including phenoxy) is 2. The summed E-state index contributed by atoms with van der Waals surface area (Å²) in [5.74, 6) is 0.944. The molecular formula is C16H24BrNO2. The molecule has 1 unspecified atom stereocenters. The summed E-state index contributed by atoms with van der Waals surface area (Å²) in [7, 11) is 0. The third kappa shape index (κ3) is 4.76. The van der Waals surface area contributed by atoms with Crippen LogP contribution < -0.4 is 10.1 Å². The molecule has 0 aliphatic carbocycles. The second kappa shape index (κ2) is 6.92. The van der Waals surface area contributed by atoms with Crippen LogP contribution in [0.4, 0.5) is 0 Å². The summed E-state index contributed by atoms with van der Waals surface area (Å²) in [5, 5.41) is 3.51. The molecule has 112 valence electrons. The molecule has 1 fully saturated rings. The second-order valence-corrected chi connectivity index (χ2v) is 7.14. The Morgan fingerprint density at radius 2 is 2.20 bits per heavy atom. The Balaban J connectivity index is 2.09. The van der Waals surface area contributed by atoms with Gasteiger partial charge in [-0.3, -0.25) is 0 Å². The highest BCUT2D eigenvalue weighted by atomic mass is 79.9. The standard InChI is InChI=1S/C16H24BrNO2/c1-16(2,3)18-10-12-6-4-8-14(17)15(12)20-13-7-5-9-19-11-13/h4,6,8,13,18H,5,7,9-11H2,1-3H3. The number of para-hydroxylation sites is 1. The van der Waals surface area contributed by atoms with E-state index in [0.29, 0.717) is 6.61 Å². The first-order chi connectivity index (χ1) is 9.46. The first-order valence-corrected chi connectivity index (χ1v) is 8.02. The molecule has 1 heterocycles. The second-order valence-electron chi connectivity index (χ2n) is 6.29. The fourth-order valence-corrected chi connectivity index (χ4v) is 2.66. The molecule has 2 rings (SSSR count). The van der Waals surface area contributed by atoms with Crippen molar-refractivity contribution in [3.8, 4) is 5.75 Å². The number of halogens is 1. The molecular weight excluding hydrogens is 318 g/mol. The molecule has 0 spiro atoms. The topological polar surface area (TPSA) is 30.5 Å². The van der Waals surface area contributed by atoms with Crippen molar-refractivity contribution >= 4 is 15.9 Å². The van der Waals surface area contributed by atoms with Gasteiger partial charge in [-0.05, 0) is 55.6 Å². The maximum atomic E-state index is 6.17. The monoisotopic (exact) mass is 341 g/mol. The van der Waals surface area contributed by atoms with Crippen molar-refractivity contribution in [3.63, 3.8) is 0 Å². The minimum atomic E-state index is 0.0908. The minimum absolute atomic E-state index is 0.0908. The summed E-state index contributed by atoms with van der Waals surface area (Å²) in [6.45, 7) is 8.84. The fourth-order valence-electron chi connectivity index (χ4n) is 2.16. The zero-order chi connectivity index (χ0) is 14.6. The first-order valence-electron chi connectivity index (χ1n) is 7.22. The summed E-state index contributed by atoms with van der Waals surface area (Å²) in [5.41, 5.74) is 1.27. The molecule has 1 atom stereocenters. The number of benzene rings is 1. The molecule has 1 aromatic rings. The lowest BCUT2D eigenvalue weighted by molar-refractivity contribution is 0.00665. The van der Waals surface area contributed by atoms with Gasteiger partial charge in [-0.2, -0.15) is 0 Å². The van der Waals surface area contributed by atoms with E-state index in [2.05, 4.69) is 48.1 Å². The van der Waals surface area contributed by atoms with Crippen molar-refractivity contribution in [3.05, 3.63) is 28.2 Å². The van der Waals surface area contributed by atoms with Gasteiger partial charge in [-0.1, -0.05) is 12.1 Å². The van der Waals surface area contributed by atoms with Crippen LogP contribution in [-0.2, 0) is 11.3 Å². The molecule has 1 aliphatic rings. The SMILES string of the molecule is CC(C)(C)NCc1cccc(Br)c1OC1CCCOC1. The normalized spacial score (nSPS) is 19.9. The van der Waals surface area contributed by atoms with Crippen molar-refractivity contribution in [2.45, 2.75) is 51.8 Å². The van der Waals surface area contributed by atoms with Crippen LogP contribution in [-0.4, -0.2) is 24.9 Å². The average molecular weight is 342 g/mol. The Morgan fingerprint density at radius 3 is 2.85 bits per heavy atom. The van der Waals surface area contributed by atoms with Gasteiger partial charge in [0.05, 0.1) is 11.1 Å². The Bertz CT molecular complexity index is 437. The molecule has 4 heteroatoms. The summed E-state index contributed by atoms with van der Waals surface area (Å²) >= 11 is 3.60. The zero-order valence-corrected chi connectivity index (χ0v) is 14.1. The van der Waals surface area contributed by atoms with Gasteiger partial charge in [0.1, 0.15) is 11.9 Å². The minimum Gasteiger partial charge on any atom is -0.486 e. The van der Waals surface area contributed by atoms with Crippen molar-refractivity contribution in [2.75, 3.05) is 13.2 Å². The molecule has 0 saturated carbocycles. The van der Waals surface area contributed by atoms with E-state index in [-0.39, 0.29) is 11.6 Å². The number of hydrogen-bond donors (Lipinski definition) is 1. The van der Waals surface area contributed by atoms with Crippen LogP contribution in [0.5, 0.6) is 5.75 Å². The van der Waals surface area contributed by atoms with Crippen LogP contribution in [0.3, 0.4) is 0 Å². The quantitative estimate of drug-likeness (QED) is 0.900. The van der Waals surface area contributed by atoms with Crippen LogP contribution in [0.15, 0.2) is 22.7 Å². The molecule has 1 aromatic carbocycles. The van der Waals surface area contributed by atoms with E-state index in [4.69, 9.17) is 9.47 Å². The molecule has 3 nitrogen and oxygen atoms in total. The molecule has 0 radical (unpaired) electrons. The number of rotatable bonds is 4. The van der Waals surface area contributed by atoms with Gasteiger partial charge < -0.3 is 14.8 Å². The molecule has 1 aliphatic heterocycles. The van der Waals surface area contributed by atoms with Crippen LogP contribution in [0.2, 0.25) is 0 Å². The van der Waals surface area contributed by atoms with Gasteiger partial charge in [0.15, 0.2) is 0 Å². The summed E-state index contributed by atoms with van der Waals surface area (Å²) in [6, 6.07) is 6.19. The summed E-state index contributed by atoms with van der Waals surface area (Å²) in [4.78, 5) is 0. The maximum absolute atomic E-state index is 6.17. The molecule has 0 amide bonds. The molecule has 20 heavy (non-hydrogen) atoms. The number of nitrogens with one attached hydrogen (secondary N) is 1. The lowest BCUT2D eigenvalue weighted by Crippen LogP contribution is -2.35. The third-order valence-corrected chi connectivity index (χ3v) is 3.89. The Morgan fingerprint density at radius 1 is 1.40 bits per heavy atom. The highest BCUT2D eigenvalue weighted by Gasteiger charge is 2.19. The van der Waals surface area contributed by atoms with Crippen molar-refractivity contribution in [1.29, 1.82) is 0 Å². The average Bonchev–Trinajstić information content (AvgIpc) is 2.40. The van der Waals surface area contributed by atoms with Gasteiger partial charge in [0.25, 0.3) is 0 Å². The van der Waals surface area contributed by atoms with Gasteiger partial charge in [-0.25, -0.2) is 0 Å². The van der Waals surface area contributed by atoms with Gasteiger partial charge in [0.2, 0.25) is 0 Å². The van der Waals surface area contributed by atoms with E-state index in [1.54, 1.807) is 0 Å². The Kier molecular flexibility index (Phi) is 5.47. The molecule has 0 aromatic heterocycles. The van der Waals surface area contributed by atoms with E-state index in [9.17, 15) is 0 Å². The van der Waals surface area contributed by atoms with Gasteiger partial charge >= 0.3 is 0 Å². The Labute approximate surface area is 130 Å². The number of hydrogen-bond acceptors (Lipinski definition) is 3. The van der Waals surface area contributed by atoms with Crippen LogP contribution in [0.1, 0.15) is 39.2 Å². The smallest absolute Gasteiger partial charge is 0.138 e. The van der Waals surface area contributed by atoms with E-state index in [1.165, 1.54) is 5.56 Å². The van der Waals surface area contributed by atoms with Crippen molar-refractivity contribution in [2.24, 2.45) is 0 Å². The predicted octanol–water partition coefficient (Wildman–Crippen LogP) is 3.90. The van der Waals surface area contributed by atoms with Crippen molar-refractivity contribution < 1.29 is 9.47 Å². The lowest BCUT2D eigenvalue weighted by Gasteiger charge is -2.26. The largest absolute Gasteiger partial charge is 0.486 e. The third-order valence-electron chi connectivity index (χ3n) is 3.26. The summed E-state index contributed by atoms with van der Waals surface area (Å²) < 4.78 is 12.7.